The molecule has 0 saturated carbocycles. The van der Waals surface area contributed by atoms with Crippen molar-refractivity contribution in [3.63, 3.8) is 0 Å². The van der Waals surface area contributed by atoms with E-state index in [4.69, 9.17) is 0 Å². The highest BCUT2D eigenvalue weighted by atomic mass is 32.2. The summed E-state index contributed by atoms with van der Waals surface area (Å²) in [6, 6.07) is 14.7. The first kappa shape index (κ1) is 21.7. The van der Waals surface area contributed by atoms with E-state index in [-0.39, 0.29) is 30.4 Å². The van der Waals surface area contributed by atoms with E-state index >= 15 is 0 Å². The van der Waals surface area contributed by atoms with E-state index in [1.165, 1.54) is 24.3 Å². The molecular formula is C22H21FN2O4S. The zero-order valence-electron chi connectivity index (χ0n) is 16.1. The molecule has 0 unspecified atom stereocenters. The van der Waals surface area contributed by atoms with Crippen LogP contribution in [0.15, 0.2) is 59.5 Å². The summed E-state index contributed by atoms with van der Waals surface area (Å²) in [6.45, 7) is -0.293. The number of benzene rings is 2. The van der Waals surface area contributed by atoms with Crippen LogP contribution in [0.4, 0.5) is 9.18 Å². The highest BCUT2D eigenvalue weighted by Crippen LogP contribution is 2.32. The molecule has 0 radical (unpaired) electrons. The van der Waals surface area contributed by atoms with Gasteiger partial charge in [0.1, 0.15) is 5.82 Å². The summed E-state index contributed by atoms with van der Waals surface area (Å²) in [5, 5.41) is 11.8. The van der Waals surface area contributed by atoms with Gasteiger partial charge in [0.25, 0.3) is 11.1 Å². The summed E-state index contributed by atoms with van der Waals surface area (Å²) < 4.78 is 13.3. The number of amides is 3. The zero-order valence-corrected chi connectivity index (χ0v) is 16.9. The SMILES string of the molecule is O=C(CCN1C(=O)S/C(=C\c2cccc(F)c2)C1=O)N[C@@H](CO)Cc1ccccc1. The first-order chi connectivity index (χ1) is 14.5. The molecule has 156 valence electrons. The Labute approximate surface area is 177 Å². The van der Waals surface area contributed by atoms with E-state index in [0.717, 1.165) is 22.2 Å². The summed E-state index contributed by atoms with van der Waals surface area (Å²) in [7, 11) is 0. The minimum absolute atomic E-state index is 0.0690. The van der Waals surface area contributed by atoms with Crippen LogP contribution in [0.3, 0.4) is 0 Å². The molecule has 1 atom stereocenters. The van der Waals surface area contributed by atoms with Crippen molar-refractivity contribution < 1.29 is 23.9 Å². The Hall–Kier alpha value is -2.97. The van der Waals surface area contributed by atoms with E-state index in [2.05, 4.69) is 5.32 Å². The zero-order chi connectivity index (χ0) is 21.5. The lowest BCUT2D eigenvalue weighted by atomic mass is 10.1. The third-order valence-electron chi connectivity index (χ3n) is 4.49. The standard InChI is InChI=1S/C22H21FN2O4S/c23-17-8-4-7-16(11-17)13-19-21(28)25(22(29)30-19)10-9-20(27)24-18(14-26)12-15-5-2-1-3-6-15/h1-8,11,13,18,26H,9-10,12,14H2,(H,24,27)/b19-13-/t18-/m1/s1. The Bertz CT molecular complexity index is 965. The van der Waals surface area contributed by atoms with E-state index < -0.39 is 23.0 Å². The normalized spacial score (nSPS) is 16.2. The maximum Gasteiger partial charge on any atom is 0.293 e. The second kappa shape index (κ2) is 10.2. The number of nitrogens with one attached hydrogen (secondary N) is 1. The number of carbonyl (C=O) groups excluding carboxylic acids is 3. The molecule has 2 N–H and O–H groups in total. The lowest BCUT2D eigenvalue weighted by Crippen LogP contribution is -2.41. The van der Waals surface area contributed by atoms with Crippen LogP contribution in [-0.2, 0) is 16.0 Å². The molecule has 2 aromatic rings. The summed E-state index contributed by atoms with van der Waals surface area (Å²) in [5.41, 5.74) is 1.45. The second-order valence-electron chi connectivity index (χ2n) is 6.78. The summed E-state index contributed by atoms with van der Waals surface area (Å²) >= 11 is 0.759. The van der Waals surface area contributed by atoms with Gasteiger partial charge < -0.3 is 10.4 Å². The van der Waals surface area contributed by atoms with Crippen LogP contribution in [0, 0.1) is 5.82 Å². The van der Waals surface area contributed by atoms with E-state index in [1.807, 2.05) is 30.3 Å². The largest absolute Gasteiger partial charge is 0.394 e. The molecule has 0 aromatic heterocycles. The van der Waals surface area contributed by atoms with Crippen molar-refractivity contribution in [3.05, 3.63) is 76.4 Å². The van der Waals surface area contributed by atoms with E-state index in [9.17, 15) is 23.9 Å². The van der Waals surface area contributed by atoms with Gasteiger partial charge in [0, 0.05) is 13.0 Å². The van der Waals surface area contributed by atoms with Crippen molar-refractivity contribution in [2.75, 3.05) is 13.2 Å². The minimum Gasteiger partial charge on any atom is -0.394 e. The van der Waals surface area contributed by atoms with E-state index in [1.54, 1.807) is 6.07 Å². The van der Waals surface area contributed by atoms with Crippen molar-refractivity contribution >= 4 is 34.9 Å². The molecule has 1 fully saturated rings. The van der Waals surface area contributed by atoms with Gasteiger partial charge in [0.15, 0.2) is 0 Å². The molecule has 0 spiro atoms. The third-order valence-corrected chi connectivity index (χ3v) is 5.40. The van der Waals surface area contributed by atoms with Gasteiger partial charge in [-0.05, 0) is 47.5 Å². The molecule has 2 aromatic carbocycles. The number of imide groups is 1. The van der Waals surface area contributed by atoms with Gasteiger partial charge in [-0.25, -0.2) is 4.39 Å². The number of nitrogens with zero attached hydrogens (tertiary/aromatic N) is 1. The number of rotatable bonds is 8. The number of hydrogen-bond acceptors (Lipinski definition) is 5. The molecule has 30 heavy (non-hydrogen) atoms. The van der Waals surface area contributed by atoms with Crippen molar-refractivity contribution in [1.82, 2.24) is 10.2 Å². The third kappa shape index (κ3) is 5.77. The smallest absolute Gasteiger partial charge is 0.293 e. The molecule has 3 rings (SSSR count). The maximum absolute atomic E-state index is 13.3. The van der Waals surface area contributed by atoms with Crippen molar-refractivity contribution in [2.24, 2.45) is 0 Å². The van der Waals surface area contributed by atoms with Crippen molar-refractivity contribution in [2.45, 2.75) is 18.9 Å². The average Bonchev–Trinajstić information content (AvgIpc) is 2.99. The number of hydrogen-bond donors (Lipinski definition) is 2. The van der Waals surface area contributed by atoms with Crippen LogP contribution in [0.25, 0.3) is 6.08 Å². The van der Waals surface area contributed by atoms with Gasteiger partial charge in [0.05, 0.1) is 17.6 Å². The summed E-state index contributed by atoms with van der Waals surface area (Å²) in [4.78, 5) is 38.1. The van der Waals surface area contributed by atoms with Gasteiger partial charge in [-0.3, -0.25) is 19.3 Å². The Kier molecular flexibility index (Phi) is 7.37. The predicted molar refractivity (Wildman–Crippen MR) is 113 cm³/mol. The lowest BCUT2D eigenvalue weighted by molar-refractivity contribution is -0.124. The van der Waals surface area contributed by atoms with Crippen molar-refractivity contribution in [1.29, 1.82) is 0 Å². The average molecular weight is 428 g/mol. The minimum atomic E-state index is -0.509. The fourth-order valence-corrected chi connectivity index (χ4v) is 3.88. The fourth-order valence-electron chi connectivity index (χ4n) is 3.01. The quantitative estimate of drug-likeness (QED) is 0.632. The molecule has 1 aliphatic heterocycles. The van der Waals surface area contributed by atoms with Crippen LogP contribution in [0.1, 0.15) is 17.5 Å². The molecule has 0 bridgehead atoms. The maximum atomic E-state index is 13.3. The fraction of sp³-hybridized carbons (Fsp3) is 0.227. The molecule has 6 nitrogen and oxygen atoms in total. The van der Waals surface area contributed by atoms with Gasteiger partial charge in [0.2, 0.25) is 5.91 Å². The first-order valence-electron chi connectivity index (χ1n) is 9.41. The summed E-state index contributed by atoms with van der Waals surface area (Å²) in [5.74, 6) is -1.31. The highest BCUT2D eigenvalue weighted by Gasteiger charge is 2.35. The second-order valence-corrected chi connectivity index (χ2v) is 7.77. The van der Waals surface area contributed by atoms with Gasteiger partial charge in [-0.2, -0.15) is 0 Å². The molecule has 3 amide bonds. The van der Waals surface area contributed by atoms with E-state index in [0.29, 0.717) is 12.0 Å². The Balaban J connectivity index is 1.55. The van der Waals surface area contributed by atoms with Gasteiger partial charge in [-0.1, -0.05) is 42.5 Å². The van der Waals surface area contributed by atoms with Crippen LogP contribution < -0.4 is 5.32 Å². The van der Waals surface area contributed by atoms with Crippen LogP contribution in [0.2, 0.25) is 0 Å². The predicted octanol–water partition coefficient (Wildman–Crippen LogP) is 2.97. The van der Waals surface area contributed by atoms with Gasteiger partial charge in [-0.15, -0.1) is 0 Å². The van der Waals surface area contributed by atoms with Crippen LogP contribution in [0.5, 0.6) is 0 Å². The lowest BCUT2D eigenvalue weighted by Gasteiger charge is -2.18. The van der Waals surface area contributed by atoms with Crippen molar-refractivity contribution in [3.8, 4) is 0 Å². The molecule has 8 heteroatoms. The van der Waals surface area contributed by atoms with Crippen LogP contribution in [-0.4, -0.2) is 46.3 Å². The highest BCUT2D eigenvalue weighted by molar-refractivity contribution is 8.18. The molecular weight excluding hydrogens is 407 g/mol. The Morgan fingerprint density at radius 2 is 1.93 bits per heavy atom. The number of aliphatic hydroxyl groups excluding tert-OH is 1. The molecule has 1 saturated heterocycles. The Morgan fingerprint density at radius 1 is 1.17 bits per heavy atom. The monoisotopic (exact) mass is 428 g/mol. The van der Waals surface area contributed by atoms with Crippen LogP contribution >= 0.6 is 11.8 Å². The number of halogens is 1. The molecule has 1 heterocycles. The molecule has 0 aliphatic carbocycles. The summed E-state index contributed by atoms with van der Waals surface area (Å²) in [6.07, 6.45) is 1.85. The Morgan fingerprint density at radius 3 is 2.63 bits per heavy atom. The number of thioether (sulfide) groups is 1. The van der Waals surface area contributed by atoms with Gasteiger partial charge >= 0.3 is 0 Å². The number of carbonyl (C=O) groups is 3. The number of aliphatic hydroxyl groups is 1. The first-order valence-corrected chi connectivity index (χ1v) is 10.2. The topological polar surface area (TPSA) is 86.7 Å². The molecule has 1 aliphatic rings.